The minimum atomic E-state index is -1.08. The van der Waals surface area contributed by atoms with Crippen molar-refractivity contribution in [1.29, 1.82) is 0 Å². The van der Waals surface area contributed by atoms with Gasteiger partial charge in [0, 0.05) is 32.7 Å². The number of aliphatic hydroxyl groups is 1. The van der Waals surface area contributed by atoms with Crippen LogP contribution in [-0.4, -0.2) is 47.0 Å². The van der Waals surface area contributed by atoms with Crippen molar-refractivity contribution in [3.63, 3.8) is 0 Å². The SMILES string of the molecule is CN(C(=O)C(O)c1ccccc1)C1CCN(Cc2ccccc2)CC1. The third-order valence-electron chi connectivity index (χ3n) is 5.05. The molecule has 2 aromatic rings. The van der Waals surface area contributed by atoms with E-state index >= 15 is 0 Å². The Bertz CT molecular complexity index is 667. The highest BCUT2D eigenvalue weighted by atomic mass is 16.3. The Hall–Kier alpha value is -2.17. The summed E-state index contributed by atoms with van der Waals surface area (Å²) in [7, 11) is 1.81. The van der Waals surface area contributed by atoms with Crippen molar-refractivity contribution >= 4 is 5.91 Å². The zero-order chi connectivity index (χ0) is 17.6. The molecule has 0 spiro atoms. The van der Waals surface area contributed by atoms with E-state index in [9.17, 15) is 9.90 Å². The van der Waals surface area contributed by atoms with Gasteiger partial charge in [-0.1, -0.05) is 60.7 Å². The highest BCUT2D eigenvalue weighted by Crippen LogP contribution is 2.21. The molecule has 1 unspecified atom stereocenters. The van der Waals surface area contributed by atoms with Crippen LogP contribution in [0.4, 0.5) is 0 Å². The third kappa shape index (κ3) is 4.47. The van der Waals surface area contributed by atoms with Gasteiger partial charge in [-0.05, 0) is 24.0 Å². The van der Waals surface area contributed by atoms with Crippen molar-refractivity contribution in [2.75, 3.05) is 20.1 Å². The Kier molecular flexibility index (Phi) is 5.84. The van der Waals surface area contributed by atoms with Crippen molar-refractivity contribution < 1.29 is 9.90 Å². The third-order valence-corrected chi connectivity index (χ3v) is 5.05. The molecule has 2 aromatic carbocycles. The molecule has 4 heteroatoms. The van der Waals surface area contributed by atoms with Crippen LogP contribution in [0.5, 0.6) is 0 Å². The maximum Gasteiger partial charge on any atom is 0.256 e. The number of hydrogen-bond donors (Lipinski definition) is 1. The molecule has 1 heterocycles. The predicted molar refractivity (Wildman–Crippen MR) is 98.9 cm³/mol. The van der Waals surface area contributed by atoms with Crippen LogP contribution < -0.4 is 0 Å². The summed E-state index contributed by atoms with van der Waals surface area (Å²) < 4.78 is 0. The normalized spacial score (nSPS) is 17.2. The maximum atomic E-state index is 12.6. The number of likely N-dealkylation sites (tertiary alicyclic amines) is 1. The van der Waals surface area contributed by atoms with Gasteiger partial charge in [0.1, 0.15) is 0 Å². The van der Waals surface area contributed by atoms with Gasteiger partial charge < -0.3 is 10.0 Å². The van der Waals surface area contributed by atoms with Gasteiger partial charge in [-0.2, -0.15) is 0 Å². The molecule has 0 saturated carbocycles. The molecule has 1 atom stereocenters. The molecule has 4 nitrogen and oxygen atoms in total. The minimum Gasteiger partial charge on any atom is -0.378 e. The van der Waals surface area contributed by atoms with E-state index in [4.69, 9.17) is 0 Å². The number of likely N-dealkylation sites (N-methyl/N-ethyl adjacent to an activating group) is 1. The first-order valence-electron chi connectivity index (χ1n) is 8.91. The van der Waals surface area contributed by atoms with Crippen LogP contribution in [0, 0.1) is 0 Å². The first-order chi connectivity index (χ1) is 12.1. The standard InChI is InChI=1S/C21H26N2O2/c1-22(21(25)20(24)18-10-6-3-7-11-18)19-12-14-23(15-13-19)16-17-8-4-2-5-9-17/h2-11,19-20,24H,12-16H2,1H3. The molecule has 0 aromatic heterocycles. The summed E-state index contributed by atoms with van der Waals surface area (Å²) in [5.41, 5.74) is 1.98. The maximum absolute atomic E-state index is 12.6. The molecule has 1 amide bonds. The lowest BCUT2D eigenvalue weighted by atomic mass is 10.0. The Morgan fingerprint density at radius 3 is 2.24 bits per heavy atom. The zero-order valence-corrected chi connectivity index (χ0v) is 14.7. The van der Waals surface area contributed by atoms with Gasteiger partial charge in [0.2, 0.25) is 0 Å². The number of amides is 1. The van der Waals surface area contributed by atoms with E-state index in [1.54, 1.807) is 17.0 Å². The highest BCUT2D eigenvalue weighted by Gasteiger charge is 2.29. The lowest BCUT2D eigenvalue weighted by Crippen LogP contribution is -2.46. The Balaban J connectivity index is 1.52. The van der Waals surface area contributed by atoms with Gasteiger partial charge in [-0.3, -0.25) is 9.69 Å². The van der Waals surface area contributed by atoms with Crippen molar-refractivity contribution in [1.82, 2.24) is 9.80 Å². The first-order valence-corrected chi connectivity index (χ1v) is 8.91. The average molecular weight is 338 g/mol. The zero-order valence-electron chi connectivity index (χ0n) is 14.7. The molecule has 1 aliphatic rings. The quantitative estimate of drug-likeness (QED) is 0.912. The summed E-state index contributed by atoms with van der Waals surface area (Å²) in [6, 6.07) is 19.8. The summed E-state index contributed by atoms with van der Waals surface area (Å²) in [5.74, 6) is -0.215. The van der Waals surface area contributed by atoms with Gasteiger partial charge in [0.15, 0.2) is 6.10 Å². The van der Waals surface area contributed by atoms with Crippen molar-refractivity contribution in [3.8, 4) is 0 Å². The molecule has 0 radical (unpaired) electrons. The van der Waals surface area contributed by atoms with Crippen LogP contribution in [0.1, 0.15) is 30.1 Å². The molecule has 1 saturated heterocycles. The van der Waals surface area contributed by atoms with E-state index in [0.29, 0.717) is 5.56 Å². The molecular weight excluding hydrogens is 312 g/mol. The Morgan fingerprint density at radius 2 is 1.64 bits per heavy atom. The molecular formula is C21H26N2O2. The summed E-state index contributed by atoms with van der Waals surface area (Å²) in [6.45, 7) is 2.90. The van der Waals surface area contributed by atoms with Gasteiger partial charge in [0.25, 0.3) is 5.91 Å². The highest BCUT2D eigenvalue weighted by molar-refractivity contribution is 5.82. The van der Waals surface area contributed by atoms with Gasteiger partial charge in [-0.15, -0.1) is 0 Å². The van der Waals surface area contributed by atoms with E-state index in [1.807, 2.05) is 31.3 Å². The summed E-state index contributed by atoms with van der Waals surface area (Å²) >= 11 is 0. The van der Waals surface area contributed by atoms with E-state index in [1.165, 1.54) is 5.56 Å². The lowest BCUT2D eigenvalue weighted by molar-refractivity contribution is -0.142. The molecule has 25 heavy (non-hydrogen) atoms. The number of aliphatic hydroxyl groups excluding tert-OH is 1. The van der Waals surface area contributed by atoms with E-state index in [0.717, 1.165) is 32.5 Å². The van der Waals surface area contributed by atoms with Crippen molar-refractivity contribution in [2.45, 2.75) is 31.5 Å². The number of benzene rings is 2. The number of carbonyl (C=O) groups is 1. The molecule has 3 rings (SSSR count). The summed E-state index contributed by atoms with van der Waals surface area (Å²) in [5, 5.41) is 10.3. The lowest BCUT2D eigenvalue weighted by Gasteiger charge is -2.37. The molecule has 1 aliphatic heterocycles. The molecule has 1 N–H and O–H groups in total. The average Bonchev–Trinajstić information content (AvgIpc) is 2.68. The second-order valence-corrected chi connectivity index (χ2v) is 6.76. The van der Waals surface area contributed by atoms with E-state index < -0.39 is 6.10 Å². The largest absolute Gasteiger partial charge is 0.378 e. The Labute approximate surface area is 149 Å². The summed E-state index contributed by atoms with van der Waals surface area (Å²) in [6.07, 6.45) is 0.807. The monoisotopic (exact) mass is 338 g/mol. The van der Waals surface area contributed by atoms with Crippen LogP contribution in [0.15, 0.2) is 60.7 Å². The fourth-order valence-corrected chi connectivity index (χ4v) is 3.46. The second-order valence-electron chi connectivity index (χ2n) is 6.76. The number of piperidine rings is 1. The Morgan fingerprint density at radius 1 is 1.08 bits per heavy atom. The van der Waals surface area contributed by atoms with Gasteiger partial charge in [-0.25, -0.2) is 0 Å². The molecule has 0 bridgehead atoms. The van der Waals surface area contributed by atoms with E-state index in [2.05, 4.69) is 29.2 Å². The van der Waals surface area contributed by atoms with Crippen LogP contribution in [0.25, 0.3) is 0 Å². The topological polar surface area (TPSA) is 43.8 Å². The number of nitrogens with zero attached hydrogens (tertiary/aromatic N) is 2. The molecule has 0 aliphatic carbocycles. The van der Waals surface area contributed by atoms with E-state index in [-0.39, 0.29) is 11.9 Å². The minimum absolute atomic E-state index is 0.192. The fraction of sp³-hybridized carbons (Fsp3) is 0.381. The van der Waals surface area contributed by atoms with Gasteiger partial charge in [0.05, 0.1) is 0 Å². The number of hydrogen-bond acceptors (Lipinski definition) is 3. The smallest absolute Gasteiger partial charge is 0.256 e. The molecule has 132 valence electrons. The van der Waals surface area contributed by atoms with Crippen LogP contribution in [0.3, 0.4) is 0 Å². The van der Waals surface area contributed by atoms with Crippen LogP contribution >= 0.6 is 0 Å². The first kappa shape index (κ1) is 17.6. The number of rotatable bonds is 5. The van der Waals surface area contributed by atoms with Crippen LogP contribution in [0.2, 0.25) is 0 Å². The van der Waals surface area contributed by atoms with Gasteiger partial charge >= 0.3 is 0 Å². The van der Waals surface area contributed by atoms with Crippen molar-refractivity contribution in [3.05, 3.63) is 71.8 Å². The molecule has 1 fully saturated rings. The fourth-order valence-electron chi connectivity index (χ4n) is 3.46. The summed E-state index contributed by atoms with van der Waals surface area (Å²) in [4.78, 5) is 16.7. The second kappa shape index (κ2) is 8.28. The predicted octanol–water partition coefficient (Wildman–Crippen LogP) is 2.84. The van der Waals surface area contributed by atoms with Crippen molar-refractivity contribution in [2.24, 2.45) is 0 Å². The van der Waals surface area contributed by atoms with Crippen LogP contribution in [-0.2, 0) is 11.3 Å². The number of carbonyl (C=O) groups excluding carboxylic acids is 1.